The summed E-state index contributed by atoms with van der Waals surface area (Å²) in [4.78, 5) is 15.4. The lowest BCUT2D eigenvalue weighted by molar-refractivity contribution is -0.136. The van der Waals surface area contributed by atoms with Crippen molar-refractivity contribution in [1.29, 1.82) is 0 Å². The van der Waals surface area contributed by atoms with Gasteiger partial charge in [0, 0.05) is 9.90 Å². The Kier molecular flexibility index (Phi) is 4.74. The van der Waals surface area contributed by atoms with Crippen LogP contribution in [0.2, 0.25) is 5.02 Å². The van der Waals surface area contributed by atoms with Crippen LogP contribution in [0, 0.1) is 13.8 Å². The standard InChI is InChI=1S/C13H13ClN2O4S2/c1-7-9(14)4-3-5-11(7)22(19,20)16-13-15-8(2)10(21-13)6-12(17)18/h3-5H,6H2,1-2H3,(H,15,16)(H,17,18). The molecule has 1 aromatic carbocycles. The Morgan fingerprint density at radius 2 is 2.09 bits per heavy atom. The highest BCUT2D eigenvalue weighted by Crippen LogP contribution is 2.28. The molecule has 0 bridgehead atoms. The van der Waals surface area contributed by atoms with Gasteiger partial charge < -0.3 is 5.11 Å². The van der Waals surface area contributed by atoms with Gasteiger partial charge in [-0.15, -0.1) is 11.3 Å². The van der Waals surface area contributed by atoms with Crippen LogP contribution in [-0.4, -0.2) is 24.5 Å². The van der Waals surface area contributed by atoms with Crippen molar-refractivity contribution >= 4 is 44.1 Å². The van der Waals surface area contributed by atoms with E-state index in [1.165, 1.54) is 6.07 Å². The fourth-order valence-corrected chi connectivity index (χ4v) is 4.51. The lowest BCUT2D eigenvalue weighted by Gasteiger charge is -2.09. The zero-order chi connectivity index (χ0) is 16.5. The fraction of sp³-hybridized carbons (Fsp3) is 0.231. The predicted octanol–water partition coefficient (Wildman–Crippen LogP) is 2.84. The molecule has 0 aliphatic rings. The molecule has 0 saturated carbocycles. The summed E-state index contributed by atoms with van der Waals surface area (Å²) in [6, 6.07) is 4.60. The quantitative estimate of drug-likeness (QED) is 0.854. The molecule has 22 heavy (non-hydrogen) atoms. The summed E-state index contributed by atoms with van der Waals surface area (Å²) in [5.41, 5.74) is 0.934. The van der Waals surface area contributed by atoms with Crippen molar-refractivity contribution in [1.82, 2.24) is 4.98 Å². The van der Waals surface area contributed by atoms with Gasteiger partial charge in [0.1, 0.15) is 0 Å². The van der Waals surface area contributed by atoms with E-state index in [4.69, 9.17) is 16.7 Å². The van der Waals surface area contributed by atoms with Crippen LogP contribution in [0.25, 0.3) is 0 Å². The van der Waals surface area contributed by atoms with Crippen molar-refractivity contribution < 1.29 is 18.3 Å². The van der Waals surface area contributed by atoms with E-state index < -0.39 is 16.0 Å². The number of aliphatic carboxylic acids is 1. The molecule has 0 spiro atoms. The Hall–Kier alpha value is -1.64. The van der Waals surface area contributed by atoms with Crippen molar-refractivity contribution in [2.75, 3.05) is 4.72 Å². The highest BCUT2D eigenvalue weighted by atomic mass is 35.5. The highest BCUT2D eigenvalue weighted by molar-refractivity contribution is 7.93. The van der Waals surface area contributed by atoms with E-state index in [2.05, 4.69) is 9.71 Å². The van der Waals surface area contributed by atoms with Gasteiger partial charge >= 0.3 is 5.97 Å². The first kappa shape index (κ1) is 16.7. The first-order valence-electron chi connectivity index (χ1n) is 6.16. The third kappa shape index (κ3) is 3.57. The largest absolute Gasteiger partial charge is 0.481 e. The molecular formula is C13H13ClN2O4S2. The molecule has 0 aliphatic carbocycles. The van der Waals surface area contributed by atoms with E-state index in [1.807, 2.05) is 0 Å². The number of aryl methyl sites for hydroxylation is 1. The van der Waals surface area contributed by atoms with Crippen molar-refractivity contribution in [3.8, 4) is 0 Å². The third-order valence-corrected chi connectivity index (χ3v) is 6.03. The van der Waals surface area contributed by atoms with E-state index in [9.17, 15) is 13.2 Å². The lowest BCUT2D eigenvalue weighted by Crippen LogP contribution is -2.14. The van der Waals surface area contributed by atoms with E-state index in [0.29, 0.717) is 21.2 Å². The molecule has 0 saturated heterocycles. The minimum Gasteiger partial charge on any atom is -0.481 e. The second-order valence-corrected chi connectivity index (χ2v) is 7.71. The number of nitrogens with zero attached hydrogens (tertiary/aromatic N) is 1. The number of carboxylic acids is 1. The predicted molar refractivity (Wildman–Crippen MR) is 85.2 cm³/mol. The summed E-state index contributed by atoms with van der Waals surface area (Å²) in [7, 11) is -3.83. The maximum absolute atomic E-state index is 12.4. The molecule has 0 unspecified atom stereocenters. The summed E-state index contributed by atoms with van der Waals surface area (Å²) in [6.45, 7) is 3.25. The van der Waals surface area contributed by atoms with Gasteiger partial charge in [-0.3, -0.25) is 9.52 Å². The molecule has 1 heterocycles. The maximum atomic E-state index is 12.4. The molecule has 9 heteroatoms. The topological polar surface area (TPSA) is 96.4 Å². The number of carbonyl (C=O) groups is 1. The Labute approximate surface area is 136 Å². The first-order chi connectivity index (χ1) is 10.2. The number of halogens is 1. The average Bonchev–Trinajstić information content (AvgIpc) is 2.71. The van der Waals surface area contributed by atoms with Gasteiger partial charge in [0.25, 0.3) is 10.0 Å². The second kappa shape index (κ2) is 6.23. The fourth-order valence-electron chi connectivity index (χ4n) is 1.82. The van der Waals surface area contributed by atoms with Crippen LogP contribution in [0.15, 0.2) is 23.1 Å². The Balaban J connectivity index is 2.33. The monoisotopic (exact) mass is 360 g/mol. The van der Waals surface area contributed by atoms with Crippen LogP contribution >= 0.6 is 22.9 Å². The first-order valence-corrected chi connectivity index (χ1v) is 8.84. The SMILES string of the molecule is Cc1nc(NS(=O)(=O)c2cccc(Cl)c2C)sc1CC(=O)O. The Morgan fingerprint density at radius 3 is 2.73 bits per heavy atom. The lowest BCUT2D eigenvalue weighted by atomic mass is 10.2. The number of benzene rings is 1. The number of aromatic nitrogens is 1. The van der Waals surface area contributed by atoms with Crippen molar-refractivity contribution in [2.45, 2.75) is 25.2 Å². The van der Waals surface area contributed by atoms with Crippen molar-refractivity contribution in [2.24, 2.45) is 0 Å². The normalized spacial score (nSPS) is 11.4. The number of sulfonamides is 1. The molecule has 0 aliphatic heterocycles. The summed E-state index contributed by atoms with van der Waals surface area (Å²) in [5, 5.41) is 9.29. The summed E-state index contributed by atoms with van der Waals surface area (Å²) < 4.78 is 27.2. The van der Waals surface area contributed by atoms with Gasteiger partial charge in [-0.1, -0.05) is 17.7 Å². The molecule has 0 amide bonds. The number of nitrogens with one attached hydrogen (secondary N) is 1. The van der Waals surface area contributed by atoms with Crippen LogP contribution in [0.1, 0.15) is 16.1 Å². The van der Waals surface area contributed by atoms with Gasteiger partial charge in [0.2, 0.25) is 0 Å². The van der Waals surface area contributed by atoms with E-state index in [0.717, 1.165) is 11.3 Å². The van der Waals surface area contributed by atoms with Crippen LogP contribution in [0.3, 0.4) is 0 Å². The molecule has 0 radical (unpaired) electrons. The molecule has 2 aromatic rings. The zero-order valence-corrected chi connectivity index (χ0v) is 14.1. The van der Waals surface area contributed by atoms with Crippen LogP contribution in [0.5, 0.6) is 0 Å². The second-order valence-electron chi connectivity index (χ2n) is 4.57. The smallest absolute Gasteiger partial charge is 0.308 e. The minimum absolute atomic E-state index is 0.0626. The molecular weight excluding hydrogens is 348 g/mol. The summed E-state index contributed by atoms with van der Waals surface area (Å²) in [6.07, 6.45) is -0.193. The molecule has 0 atom stereocenters. The molecule has 0 fully saturated rings. The molecule has 6 nitrogen and oxygen atoms in total. The Morgan fingerprint density at radius 1 is 1.41 bits per heavy atom. The van der Waals surface area contributed by atoms with Gasteiger partial charge in [0.05, 0.1) is 17.0 Å². The third-order valence-electron chi connectivity index (χ3n) is 2.93. The van der Waals surface area contributed by atoms with E-state index >= 15 is 0 Å². The number of thiazole rings is 1. The summed E-state index contributed by atoms with van der Waals surface area (Å²) >= 11 is 6.94. The number of rotatable bonds is 5. The number of hydrogen-bond donors (Lipinski definition) is 2. The van der Waals surface area contributed by atoms with Crippen LogP contribution in [-0.2, 0) is 21.2 Å². The zero-order valence-electron chi connectivity index (χ0n) is 11.8. The van der Waals surface area contributed by atoms with E-state index in [-0.39, 0.29) is 16.4 Å². The molecule has 2 rings (SSSR count). The number of anilines is 1. The minimum atomic E-state index is -3.83. The molecule has 1 aromatic heterocycles. The molecule has 118 valence electrons. The number of hydrogen-bond acceptors (Lipinski definition) is 5. The average molecular weight is 361 g/mol. The van der Waals surface area contributed by atoms with Gasteiger partial charge in [-0.05, 0) is 31.5 Å². The molecule has 2 N–H and O–H groups in total. The van der Waals surface area contributed by atoms with Crippen molar-refractivity contribution in [3.63, 3.8) is 0 Å². The van der Waals surface area contributed by atoms with E-state index in [1.54, 1.807) is 26.0 Å². The van der Waals surface area contributed by atoms with Gasteiger partial charge in [0.15, 0.2) is 5.13 Å². The Bertz CT molecular complexity index is 831. The van der Waals surface area contributed by atoms with Crippen molar-refractivity contribution in [3.05, 3.63) is 39.4 Å². The maximum Gasteiger partial charge on any atom is 0.308 e. The van der Waals surface area contributed by atoms with Gasteiger partial charge in [-0.25, -0.2) is 13.4 Å². The van der Waals surface area contributed by atoms with Crippen LogP contribution in [0.4, 0.5) is 5.13 Å². The van der Waals surface area contributed by atoms with Crippen LogP contribution < -0.4 is 4.72 Å². The highest BCUT2D eigenvalue weighted by Gasteiger charge is 2.21. The van der Waals surface area contributed by atoms with Gasteiger partial charge in [-0.2, -0.15) is 0 Å². The number of carboxylic acid groups (broad SMARTS) is 1. The summed E-state index contributed by atoms with van der Waals surface area (Å²) in [5.74, 6) is -0.994.